The number of rotatable bonds is 7. The minimum absolute atomic E-state index is 0.399. The van der Waals surface area contributed by atoms with Crippen molar-refractivity contribution in [2.75, 3.05) is 18.0 Å². The molecule has 1 aromatic carbocycles. The standard InChI is InChI=1S/C16H23NO2/c1-5-14-8-6-7-9-15(14)17(10-12(2)3)11-13(4)16(18)19/h6-9,13H,2,5,10-11H2,1,3-4H3,(H,18,19). The molecule has 1 aromatic rings. The third-order valence-electron chi connectivity index (χ3n) is 3.09. The molecular formula is C16H23NO2. The van der Waals surface area contributed by atoms with Crippen LogP contribution in [0.5, 0.6) is 0 Å². The third-order valence-corrected chi connectivity index (χ3v) is 3.09. The largest absolute Gasteiger partial charge is 0.481 e. The molecule has 0 spiro atoms. The molecule has 0 saturated heterocycles. The molecule has 0 aliphatic heterocycles. The summed E-state index contributed by atoms with van der Waals surface area (Å²) in [5.41, 5.74) is 3.38. The van der Waals surface area contributed by atoms with Crippen LogP contribution in [0.4, 0.5) is 5.69 Å². The SMILES string of the molecule is C=C(C)CN(CC(C)C(=O)O)c1ccccc1CC. The van der Waals surface area contributed by atoms with E-state index in [0.717, 1.165) is 17.7 Å². The molecule has 0 heterocycles. The Morgan fingerprint density at radius 1 is 1.42 bits per heavy atom. The average Bonchev–Trinajstić information content (AvgIpc) is 2.37. The maximum absolute atomic E-state index is 11.1. The lowest BCUT2D eigenvalue weighted by Crippen LogP contribution is -2.33. The fourth-order valence-electron chi connectivity index (χ4n) is 2.10. The Kier molecular flexibility index (Phi) is 5.61. The van der Waals surface area contributed by atoms with Crippen LogP contribution in [0.25, 0.3) is 0 Å². The van der Waals surface area contributed by atoms with E-state index in [2.05, 4.69) is 30.5 Å². The zero-order valence-corrected chi connectivity index (χ0v) is 12.0. The first-order valence-electron chi connectivity index (χ1n) is 6.65. The van der Waals surface area contributed by atoms with Gasteiger partial charge in [-0.2, -0.15) is 0 Å². The predicted molar refractivity (Wildman–Crippen MR) is 79.6 cm³/mol. The summed E-state index contributed by atoms with van der Waals surface area (Å²) in [6.45, 7) is 10.9. The lowest BCUT2D eigenvalue weighted by atomic mass is 10.1. The molecule has 19 heavy (non-hydrogen) atoms. The molecule has 1 atom stereocenters. The second kappa shape index (κ2) is 6.98. The number of carbonyl (C=O) groups is 1. The summed E-state index contributed by atoms with van der Waals surface area (Å²) in [7, 11) is 0. The van der Waals surface area contributed by atoms with Crippen LogP contribution in [0, 0.1) is 5.92 Å². The summed E-state index contributed by atoms with van der Waals surface area (Å²) in [5.74, 6) is -1.16. The predicted octanol–water partition coefficient (Wildman–Crippen LogP) is 3.35. The maximum Gasteiger partial charge on any atom is 0.308 e. The Morgan fingerprint density at radius 2 is 2.05 bits per heavy atom. The number of anilines is 1. The van der Waals surface area contributed by atoms with Gasteiger partial charge >= 0.3 is 5.97 Å². The highest BCUT2D eigenvalue weighted by atomic mass is 16.4. The van der Waals surface area contributed by atoms with Gasteiger partial charge in [0.15, 0.2) is 0 Å². The Bertz CT molecular complexity index is 454. The van der Waals surface area contributed by atoms with Crippen LogP contribution in [-0.2, 0) is 11.2 Å². The van der Waals surface area contributed by atoms with Crippen molar-refractivity contribution in [1.29, 1.82) is 0 Å². The monoisotopic (exact) mass is 261 g/mol. The minimum atomic E-state index is -0.763. The van der Waals surface area contributed by atoms with Gasteiger partial charge in [-0.3, -0.25) is 4.79 Å². The quantitative estimate of drug-likeness (QED) is 0.765. The van der Waals surface area contributed by atoms with Gasteiger partial charge < -0.3 is 10.0 Å². The first-order chi connectivity index (χ1) is 8.95. The molecule has 104 valence electrons. The molecule has 1 N–H and O–H groups in total. The lowest BCUT2D eigenvalue weighted by Gasteiger charge is -2.28. The van der Waals surface area contributed by atoms with Crippen molar-refractivity contribution in [3.8, 4) is 0 Å². The van der Waals surface area contributed by atoms with Crippen LogP contribution in [0.2, 0.25) is 0 Å². The van der Waals surface area contributed by atoms with Gasteiger partial charge in [-0.05, 0) is 25.0 Å². The first kappa shape index (κ1) is 15.3. The normalized spacial score (nSPS) is 11.9. The number of hydrogen-bond acceptors (Lipinski definition) is 2. The highest BCUT2D eigenvalue weighted by Gasteiger charge is 2.18. The Balaban J connectivity index is 3.01. The molecule has 0 amide bonds. The summed E-state index contributed by atoms with van der Waals surface area (Å²) in [6.07, 6.45) is 0.935. The number of benzene rings is 1. The van der Waals surface area contributed by atoms with E-state index in [4.69, 9.17) is 5.11 Å². The van der Waals surface area contributed by atoms with Crippen LogP contribution in [0.1, 0.15) is 26.3 Å². The smallest absolute Gasteiger partial charge is 0.308 e. The van der Waals surface area contributed by atoms with Crippen LogP contribution >= 0.6 is 0 Å². The van der Waals surface area contributed by atoms with Gasteiger partial charge in [-0.1, -0.05) is 44.2 Å². The zero-order chi connectivity index (χ0) is 14.4. The van der Waals surface area contributed by atoms with Crippen LogP contribution in [0.3, 0.4) is 0 Å². The van der Waals surface area contributed by atoms with Crippen molar-refractivity contribution >= 4 is 11.7 Å². The second-order valence-electron chi connectivity index (χ2n) is 5.06. The molecule has 1 rings (SSSR count). The van der Waals surface area contributed by atoms with E-state index in [-0.39, 0.29) is 0 Å². The van der Waals surface area contributed by atoms with Gasteiger partial charge in [0.2, 0.25) is 0 Å². The highest BCUT2D eigenvalue weighted by Crippen LogP contribution is 2.23. The number of hydrogen-bond donors (Lipinski definition) is 1. The van der Waals surface area contributed by atoms with Crippen LogP contribution in [-0.4, -0.2) is 24.2 Å². The van der Waals surface area contributed by atoms with E-state index in [1.165, 1.54) is 5.56 Å². The molecule has 0 saturated carbocycles. The van der Waals surface area contributed by atoms with Crippen molar-refractivity contribution in [2.24, 2.45) is 5.92 Å². The zero-order valence-electron chi connectivity index (χ0n) is 12.0. The maximum atomic E-state index is 11.1. The molecule has 0 bridgehead atoms. The molecule has 0 aromatic heterocycles. The van der Waals surface area contributed by atoms with Crippen molar-refractivity contribution in [3.63, 3.8) is 0 Å². The number of para-hydroxylation sites is 1. The van der Waals surface area contributed by atoms with E-state index in [1.54, 1.807) is 6.92 Å². The summed E-state index contributed by atoms with van der Waals surface area (Å²) >= 11 is 0. The molecule has 3 nitrogen and oxygen atoms in total. The van der Waals surface area contributed by atoms with Gasteiger partial charge in [0.25, 0.3) is 0 Å². The van der Waals surface area contributed by atoms with Crippen molar-refractivity contribution in [3.05, 3.63) is 42.0 Å². The Labute approximate surface area is 115 Å². The van der Waals surface area contributed by atoms with E-state index in [9.17, 15) is 4.79 Å². The molecular weight excluding hydrogens is 238 g/mol. The van der Waals surface area contributed by atoms with Crippen molar-refractivity contribution < 1.29 is 9.90 Å². The number of aryl methyl sites for hydroxylation is 1. The molecule has 1 unspecified atom stereocenters. The van der Waals surface area contributed by atoms with Crippen molar-refractivity contribution in [2.45, 2.75) is 27.2 Å². The van der Waals surface area contributed by atoms with Gasteiger partial charge in [0.1, 0.15) is 0 Å². The Hall–Kier alpha value is -1.77. The van der Waals surface area contributed by atoms with Gasteiger partial charge in [-0.25, -0.2) is 0 Å². The van der Waals surface area contributed by atoms with Gasteiger partial charge in [-0.15, -0.1) is 0 Å². The summed E-state index contributed by atoms with van der Waals surface area (Å²) < 4.78 is 0. The summed E-state index contributed by atoms with van der Waals surface area (Å²) in [4.78, 5) is 13.2. The topological polar surface area (TPSA) is 40.5 Å². The number of aliphatic carboxylic acids is 1. The number of nitrogens with zero attached hydrogens (tertiary/aromatic N) is 1. The fraction of sp³-hybridized carbons (Fsp3) is 0.438. The summed E-state index contributed by atoms with van der Waals surface area (Å²) in [6, 6.07) is 8.15. The molecule has 3 heteroatoms. The highest BCUT2D eigenvalue weighted by molar-refractivity contribution is 5.70. The van der Waals surface area contributed by atoms with E-state index in [1.807, 2.05) is 19.1 Å². The van der Waals surface area contributed by atoms with Crippen LogP contribution < -0.4 is 4.90 Å². The average molecular weight is 261 g/mol. The fourth-order valence-corrected chi connectivity index (χ4v) is 2.10. The van der Waals surface area contributed by atoms with E-state index < -0.39 is 11.9 Å². The molecule has 0 aliphatic carbocycles. The first-order valence-corrected chi connectivity index (χ1v) is 6.65. The van der Waals surface area contributed by atoms with Gasteiger partial charge in [0.05, 0.1) is 5.92 Å². The summed E-state index contributed by atoms with van der Waals surface area (Å²) in [5, 5.41) is 9.09. The molecule has 0 fully saturated rings. The number of carboxylic acids is 1. The van der Waals surface area contributed by atoms with E-state index in [0.29, 0.717) is 13.1 Å². The molecule has 0 radical (unpaired) electrons. The van der Waals surface area contributed by atoms with Crippen molar-refractivity contribution in [1.82, 2.24) is 0 Å². The van der Waals surface area contributed by atoms with E-state index >= 15 is 0 Å². The number of carboxylic acid groups (broad SMARTS) is 1. The molecule has 0 aliphatic rings. The second-order valence-corrected chi connectivity index (χ2v) is 5.06. The van der Waals surface area contributed by atoms with Crippen LogP contribution in [0.15, 0.2) is 36.4 Å². The third kappa shape index (κ3) is 4.43. The lowest BCUT2D eigenvalue weighted by molar-refractivity contribution is -0.140. The Morgan fingerprint density at radius 3 is 2.58 bits per heavy atom. The van der Waals surface area contributed by atoms with Gasteiger partial charge in [0, 0.05) is 18.8 Å². The minimum Gasteiger partial charge on any atom is -0.481 e.